The molecule has 0 aliphatic carbocycles. The molecule has 114 valence electrons. The van der Waals surface area contributed by atoms with Crippen LogP contribution in [0.15, 0.2) is 36.5 Å². The fraction of sp³-hybridized carbons (Fsp3) is 0.444. The van der Waals surface area contributed by atoms with Gasteiger partial charge in [-0.25, -0.2) is 9.97 Å². The number of anilines is 1. The zero-order valence-electron chi connectivity index (χ0n) is 12.9. The van der Waals surface area contributed by atoms with Gasteiger partial charge in [0.2, 0.25) is 5.95 Å². The summed E-state index contributed by atoms with van der Waals surface area (Å²) in [6.07, 6.45) is 5.62. The Morgan fingerprint density at radius 3 is 2.64 bits per heavy atom. The van der Waals surface area contributed by atoms with Crippen LogP contribution in [0.4, 0.5) is 5.95 Å². The van der Waals surface area contributed by atoms with E-state index in [1.165, 1.54) is 29.7 Å². The van der Waals surface area contributed by atoms with E-state index in [-0.39, 0.29) is 0 Å². The van der Waals surface area contributed by atoms with E-state index >= 15 is 0 Å². The zero-order chi connectivity index (χ0) is 14.8. The molecular weight excluding hydrogens is 272 g/mol. The Morgan fingerprint density at radius 2 is 1.82 bits per heavy atom. The van der Waals surface area contributed by atoms with Crippen LogP contribution in [0.25, 0.3) is 0 Å². The number of hydrogen-bond donors (Lipinski definition) is 0. The smallest absolute Gasteiger partial charge is 0.225 e. The van der Waals surface area contributed by atoms with Gasteiger partial charge in [0.15, 0.2) is 0 Å². The first-order chi connectivity index (χ1) is 10.9. The molecule has 0 radical (unpaired) electrons. The SMILES string of the molecule is c1ccc(CN2CCc3nc(N4CCCC4)ncc3C2)cc1. The predicted molar refractivity (Wildman–Crippen MR) is 87.7 cm³/mol. The summed E-state index contributed by atoms with van der Waals surface area (Å²) in [7, 11) is 0. The lowest BCUT2D eigenvalue weighted by Crippen LogP contribution is -2.31. The van der Waals surface area contributed by atoms with Crippen LogP contribution in [0.1, 0.15) is 29.7 Å². The second kappa shape index (κ2) is 6.05. The van der Waals surface area contributed by atoms with E-state index in [2.05, 4.69) is 45.1 Å². The average Bonchev–Trinajstić information content (AvgIpc) is 3.10. The maximum Gasteiger partial charge on any atom is 0.225 e. The molecule has 1 aromatic carbocycles. The van der Waals surface area contributed by atoms with Gasteiger partial charge in [-0.3, -0.25) is 4.90 Å². The summed E-state index contributed by atoms with van der Waals surface area (Å²) in [5.41, 5.74) is 3.92. The average molecular weight is 294 g/mol. The van der Waals surface area contributed by atoms with Gasteiger partial charge < -0.3 is 4.90 Å². The molecule has 1 fully saturated rings. The lowest BCUT2D eigenvalue weighted by molar-refractivity contribution is 0.243. The number of hydrogen-bond acceptors (Lipinski definition) is 4. The molecule has 0 unspecified atom stereocenters. The summed E-state index contributed by atoms with van der Waals surface area (Å²) in [4.78, 5) is 14.2. The first kappa shape index (κ1) is 13.7. The summed E-state index contributed by atoms with van der Waals surface area (Å²) < 4.78 is 0. The third-order valence-electron chi connectivity index (χ3n) is 4.64. The molecular formula is C18H22N4. The molecule has 2 aliphatic rings. The van der Waals surface area contributed by atoms with E-state index in [9.17, 15) is 0 Å². The number of fused-ring (bicyclic) bond motifs is 1. The van der Waals surface area contributed by atoms with Crippen LogP contribution in [0.2, 0.25) is 0 Å². The topological polar surface area (TPSA) is 32.3 Å². The van der Waals surface area contributed by atoms with Crippen LogP contribution in [0, 0.1) is 0 Å². The molecule has 0 N–H and O–H groups in total. The Labute approximate surface area is 131 Å². The highest BCUT2D eigenvalue weighted by molar-refractivity contribution is 5.35. The highest BCUT2D eigenvalue weighted by atomic mass is 15.3. The maximum absolute atomic E-state index is 4.82. The summed E-state index contributed by atoms with van der Waals surface area (Å²) in [6, 6.07) is 10.7. The summed E-state index contributed by atoms with van der Waals surface area (Å²) in [6.45, 7) is 5.27. The van der Waals surface area contributed by atoms with Crippen molar-refractivity contribution in [1.29, 1.82) is 0 Å². The van der Waals surface area contributed by atoms with Crippen molar-refractivity contribution >= 4 is 5.95 Å². The highest BCUT2D eigenvalue weighted by Crippen LogP contribution is 2.22. The van der Waals surface area contributed by atoms with Gasteiger partial charge in [-0.2, -0.15) is 0 Å². The quantitative estimate of drug-likeness (QED) is 0.871. The van der Waals surface area contributed by atoms with Crippen LogP contribution in [-0.4, -0.2) is 34.5 Å². The minimum absolute atomic E-state index is 0.938. The van der Waals surface area contributed by atoms with Gasteiger partial charge in [-0.1, -0.05) is 30.3 Å². The van der Waals surface area contributed by atoms with Gasteiger partial charge in [0, 0.05) is 50.9 Å². The van der Waals surface area contributed by atoms with E-state index in [1.54, 1.807) is 0 Å². The van der Waals surface area contributed by atoms with Crippen molar-refractivity contribution < 1.29 is 0 Å². The molecule has 2 aliphatic heterocycles. The van der Waals surface area contributed by atoms with Crippen molar-refractivity contribution in [2.45, 2.75) is 32.4 Å². The molecule has 4 heteroatoms. The molecule has 0 bridgehead atoms. The second-order valence-corrected chi connectivity index (χ2v) is 6.28. The fourth-order valence-electron chi connectivity index (χ4n) is 3.41. The van der Waals surface area contributed by atoms with Crippen LogP contribution in [-0.2, 0) is 19.5 Å². The second-order valence-electron chi connectivity index (χ2n) is 6.28. The number of aromatic nitrogens is 2. The van der Waals surface area contributed by atoms with Crippen LogP contribution < -0.4 is 4.90 Å². The summed E-state index contributed by atoms with van der Waals surface area (Å²) in [5.74, 6) is 0.938. The van der Waals surface area contributed by atoms with Crippen molar-refractivity contribution in [2.75, 3.05) is 24.5 Å². The molecule has 0 atom stereocenters. The lowest BCUT2D eigenvalue weighted by atomic mass is 10.1. The van der Waals surface area contributed by atoms with E-state index in [1.807, 2.05) is 6.20 Å². The monoisotopic (exact) mass is 294 g/mol. The van der Waals surface area contributed by atoms with Crippen molar-refractivity contribution in [3.8, 4) is 0 Å². The Kier molecular flexibility index (Phi) is 3.77. The van der Waals surface area contributed by atoms with Crippen LogP contribution >= 0.6 is 0 Å². The van der Waals surface area contributed by atoms with Gasteiger partial charge in [0.1, 0.15) is 0 Å². The molecule has 4 rings (SSSR count). The summed E-state index contributed by atoms with van der Waals surface area (Å²) >= 11 is 0. The molecule has 3 heterocycles. The van der Waals surface area contributed by atoms with Gasteiger partial charge in [-0.15, -0.1) is 0 Å². The molecule has 1 saturated heterocycles. The first-order valence-electron chi connectivity index (χ1n) is 8.24. The summed E-state index contributed by atoms with van der Waals surface area (Å²) in [5, 5.41) is 0. The van der Waals surface area contributed by atoms with Crippen LogP contribution in [0.3, 0.4) is 0 Å². The van der Waals surface area contributed by atoms with E-state index in [4.69, 9.17) is 4.98 Å². The van der Waals surface area contributed by atoms with Gasteiger partial charge in [-0.05, 0) is 18.4 Å². The molecule has 4 nitrogen and oxygen atoms in total. The number of nitrogens with zero attached hydrogens (tertiary/aromatic N) is 4. The Hall–Kier alpha value is -1.94. The fourth-order valence-corrected chi connectivity index (χ4v) is 3.41. The predicted octanol–water partition coefficient (Wildman–Crippen LogP) is 2.64. The largest absolute Gasteiger partial charge is 0.341 e. The van der Waals surface area contributed by atoms with Gasteiger partial charge in [0.05, 0.1) is 5.69 Å². The normalized spacial score (nSPS) is 18.5. The zero-order valence-corrected chi connectivity index (χ0v) is 12.9. The van der Waals surface area contributed by atoms with Gasteiger partial charge in [0.25, 0.3) is 0 Å². The van der Waals surface area contributed by atoms with E-state index < -0.39 is 0 Å². The van der Waals surface area contributed by atoms with Crippen molar-refractivity contribution in [3.63, 3.8) is 0 Å². The molecule has 1 aromatic heterocycles. The van der Waals surface area contributed by atoms with E-state index in [0.717, 1.165) is 45.1 Å². The van der Waals surface area contributed by atoms with Crippen molar-refractivity contribution in [2.24, 2.45) is 0 Å². The standard InChI is InChI=1S/C18H22N4/c1-2-6-15(7-3-1)13-21-11-8-17-16(14-21)12-19-18(20-17)22-9-4-5-10-22/h1-3,6-7,12H,4-5,8-11,13-14H2. The van der Waals surface area contributed by atoms with Crippen molar-refractivity contribution in [3.05, 3.63) is 53.3 Å². The Bertz CT molecular complexity index is 635. The molecule has 0 amide bonds. The van der Waals surface area contributed by atoms with Gasteiger partial charge >= 0.3 is 0 Å². The molecule has 2 aromatic rings. The highest BCUT2D eigenvalue weighted by Gasteiger charge is 2.21. The Morgan fingerprint density at radius 1 is 1.00 bits per heavy atom. The minimum Gasteiger partial charge on any atom is -0.341 e. The third-order valence-corrected chi connectivity index (χ3v) is 4.64. The molecule has 0 spiro atoms. The maximum atomic E-state index is 4.82. The number of benzene rings is 1. The molecule has 22 heavy (non-hydrogen) atoms. The molecule has 0 saturated carbocycles. The number of rotatable bonds is 3. The minimum atomic E-state index is 0.938. The first-order valence-corrected chi connectivity index (χ1v) is 8.24. The van der Waals surface area contributed by atoms with E-state index in [0.29, 0.717) is 0 Å². The van der Waals surface area contributed by atoms with Crippen LogP contribution in [0.5, 0.6) is 0 Å². The van der Waals surface area contributed by atoms with Crippen molar-refractivity contribution in [1.82, 2.24) is 14.9 Å². The lowest BCUT2D eigenvalue weighted by Gasteiger charge is -2.28. The Balaban J connectivity index is 1.47. The third kappa shape index (κ3) is 2.83.